The number of amides is 1. The van der Waals surface area contributed by atoms with Crippen LogP contribution in [0.25, 0.3) is 0 Å². The van der Waals surface area contributed by atoms with E-state index in [-0.39, 0.29) is 5.91 Å². The summed E-state index contributed by atoms with van der Waals surface area (Å²) in [4.78, 5) is 12.6. The molecule has 1 aliphatic heterocycles. The Labute approximate surface area is 125 Å². The number of aryl methyl sites for hydroxylation is 1. The Kier molecular flexibility index (Phi) is 5.20. The van der Waals surface area contributed by atoms with Crippen LogP contribution in [0.5, 0.6) is 5.75 Å². The van der Waals surface area contributed by atoms with Crippen molar-refractivity contribution in [2.45, 2.75) is 26.7 Å². The lowest BCUT2D eigenvalue weighted by atomic mass is 9.79. The fourth-order valence-corrected chi connectivity index (χ4v) is 2.57. The van der Waals surface area contributed by atoms with E-state index >= 15 is 0 Å². The van der Waals surface area contributed by atoms with Crippen molar-refractivity contribution in [3.8, 4) is 5.75 Å². The van der Waals surface area contributed by atoms with E-state index in [4.69, 9.17) is 15.2 Å². The number of carbonyl (C=O) groups is 1. The number of ether oxygens (including phenoxy) is 2. The van der Waals surface area contributed by atoms with Gasteiger partial charge in [0.15, 0.2) is 0 Å². The van der Waals surface area contributed by atoms with Gasteiger partial charge in [-0.15, -0.1) is 0 Å². The average molecular weight is 292 g/mol. The van der Waals surface area contributed by atoms with E-state index in [9.17, 15) is 4.79 Å². The number of anilines is 1. The van der Waals surface area contributed by atoms with Crippen LogP contribution in [0.3, 0.4) is 0 Å². The first-order valence-electron chi connectivity index (χ1n) is 7.44. The first kappa shape index (κ1) is 15.8. The number of hydrogen-bond acceptors (Lipinski definition) is 4. The van der Waals surface area contributed by atoms with Gasteiger partial charge in [-0.3, -0.25) is 4.79 Å². The minimum absolute atomic E-state index is 0.0134. The summed E-state index contributed by atoms with van der Waals surface area (Å²) in [6.07, 6.45) is 1.34. The Morgan fingerprint density at radius 1 is 1.43 bits per heavy atom. The van der Waals surface area contributed by atoms with Crippen molar-refractivity contribution < 1.29 is 14.3 Å². The summed E-state index contributed by atoms with van der Waals surface area (Å²) in [5.41, 5.74) is 7.14. The van der Waals surface area contributed by atoms with Crippen LogP contribution in [0.2, 0.25) is 0 Å². The van der Waals surface area contributed by atoms with Crippen LogP contribution in [0.4, 0.5) is 5.69 Å². The minimum atomic E-state index is -0.511. The lowest BCUT2D eigenvalue weighted by molar-refractivity contribution is -0.130. The molecule has 5 nitrogen and oxygen atoms in total. The second-order valence-electron chi connectivity index (χ2n) is 5.46. The Balaban J connectivity index is 2.11. The number of carbonyl (C=O) groups excluding carboxylic acids is 1. The number of benzene rings is 1. The number of nitrogens with two attached hydrogens (primary N) is 1. The van der Waals surface area contributed by atoms with Crippen LogP contribution in [-0.2, 0) is 9.53 Å². The third-order valence-corrected chi connectivity index (χ3v) is 4.08. The zero-order valence-electron chi connectivity index (χ0n) is 12.8. The zero-order chi connectivity index (χ0) is 15.3. The second-order valence-corrected chi connectivity index (χ2v) is 5.46. The van der Waals surface area contributed by atoms with Gasteiger partial charge in [-0.2, -0.15) is 0 Å². The Morgan fingerprint density at radius 3 is 2.71 bits per heavy atom. The normalized spacial score (nSPS) is 17.3. The maximum absolute atomic E-state index is 12.6. The molecule has 5 heteroatoms. The highest BCUT2D eigenvalue weighted by Gasteiger charge is 2.38. The van der Waals surface area contributed by atoms with Gasteiger partial charge in [-0.25, -0.2) is 0 Å². The third kappa shape index (κ3) is 3.54. The molecule has 116 valence electrons. The molecule has 2 rings (SSSR count). The predicted molar refractivity (Wildman–Crippen MR) is 82.5 cm³/mol. The maximum atomic E-state index is 12.6. The van der Waals surface area contributed by atoms with E-state index in [2.05, 4.69) is 5.32 Å². The molecule has 21 heavy (non-hydrogen) atoms. The minimum Gasteiger partial charge on any atom is -0.494 e. The molecule has 1 fully saturated rings. The topological polar surface area (TPSA) is 73.6 Å². The quantitative estimate of drug-likeness (QED) is 0.871. The van der Waals surface area contributed by atoms with Crippen molar-refractivity contribution in [1.82, 2.24) is 0 Å². The molecule has 1 aliphatic rings. The summed E-state index contributed by atoms with van der Waals surface area (Å²) in [5.74, 6) is 0.799. The Bertz CT molecular complexity index is 496. The van der Waals surface area contributed by atoms with Gasteiger partial charge in [0.05, 0.1) is 12.0 Å². The van der Waals surface area contributed by atoms with Crippen molar-refractivity contribution >= 4 is 11.6 Å². The highest BCUT2D eigenvalue weighted by atomic mass is 16.5. The van der Waals surface area contributed by atoms with Crippen LogP contribution in [-0.4, -0.2) is 32.3 Å². The molecule has 0 saturated carbocycles. The Hall–Kier alpha value is -1.59. The maximum Gasteiger partial charge on any atom is 0.232 e. The fourth-order valence-electron chi connectivity index (χ4n) is 2.57. The van der Waals surface area contributed by atoms with Gasteiger partial charge >= 0.3 is 0 Å². The summed E-state index contributed by atoms with van der Waals surface area (Å²) >= 11 is 0. The summed E-state index contributed by atoms with van der Waals surface area (Å²) in [6.45, 7) is 6.05. The third-order valence-electron chi connectivity index (χ3n) is 4.08. The van der Waals surface area contributed by atoms with Crippen LogP contribution in [0.15, 0.2) is 18.2 Å². The lowest BCUT2D eigenvalue weighted by Gasteiger charge is -2.34. The van der Waals surface area contributed by atoms with Crippen LogP contribution < -0.4 is 15.8 Å². The van der Waals surface area contributed by atoms with Crippen molar-refractivity contribution in [3.63, 3.8) is 0 Å². The summed E-state index contributed by atoms with van der Waals surface area (Å²) in [5, 5.41) is 3.01. The molecule has 0 unspecified atom stereocenters. The van der Waals surface area contributed by atoms with Gasteiger partial charge < -0.3 is 20.5 Å². The predicted octanol–water partition coefficient (Wildman–Crippen LogP) is 2.09. The summed E-state index contributed by atoms with van der Waals surface area (Å²) in [7, 11) is 0. The monoisotopic (exact) mass is 292 g/mol. The smallest absolute Gasteiger partial charge is 0.232 e. The SMILES string of the molecule is CCOc1ccc(NC(=O)C2(CN)CCOCC2)c(C)c1. The van der Waals surface area contributed by atoms with Crippen molar-refractivity contribution in [1.29, 1.82) is 0 Å². The first-order chi connectivity index (χ1) is 10.1. The number of rotatable bonds is 5. The van der Waals surface area contributed by atoms with Gasteiger partial charge in [-0.05, 0) is 50.5 Å². The van der Waals surface area contributed by atoms with Gasteiger partial charge in [0.25, 0.3) is 0 Å². The molecule has 3 N–H and O–H groups in total. The molecule has 1 amide bonds. The summed E-state index contributed by atoms with van der Waals surface area (Å²) in [6, 6.07) is 5.67. The highest BCUT2D eigenvalue weighted by Crippen LogP contribution is 2.32. The van der Waals surface area contributed by atoms with Crippen LogP contribution in [0.1, 0.15) is 25.3 Å². The molecule has 0 spiro atoms. The largest absolute Gasteiger partial charge is 0.494 e. The standard InChI is InChI=1S/C16H24N2O3/c1-3-21-13-4-5-14(12(2)10-13)18-15(19)16(11-17)6-8-20-9-7-16/h4-5,10H,3,6-9,11,17H2,1-2H3,(H,18,19). The lowest BCUT2D eigenvalue weighted by Crippen LogP contribution is -2.46. The fraction of sp³-hybridized carbons (Fsp3) is 0.562. The molecule has 0 aromatic heterocycles. The summed E-state index contributed by atoms with van der Waals surface area (Å²) < 4.78 is 10.8. The molecule has 1 aromatic rings. The Morgan fingerprint density at radius 2 is 2.14 bits per heavy atom. The second kappa shape index (κ2) is 6.91. The van der Waals surface area contributed by atoms with E-state index in [0.717, 1.165) is 17.0 Å². The van der Waals surface area contributed by atoms with E-state index in [1.54, 1.807) is 0 Å². The molecule has 1 heterocycles. The first-order valence-corrected chi connectivity index (χ1v) is 7.44. The van der Waals surface area contributed by atoms with Gasteiger partial charge in [0.2, 0.25) is 5.91 Å². The van der Waals surface area contributed by atoms with Gasteiger partial charge in [0, 0.05) is 25.4 Å². The van der Waals surface area contributed by atoms with Crippen LogP contribution >= 0.6 is 0 Å². The average Bonchev–Trinajstić information content (AvgIpc) is 2.51. The van der Waals surface area contributed by atoms with Crippen molar-refractivity contribution in [2.75, 3.05) is 31.7 Å². The molecule has 0 radical (unpaired) electrons. The van der Waals surface area contributed by atoms with Crippen molar-refractivity contribution in [3.05, 3.63) is 23.8 Å². The van der Waals surface area contributed by atoms with Gasteiger partial charge in [0.1, 0.15) is 5.75 Å². The molecule has 0 aliphatic carbocycles. The van der Waals surface area contributed by atoms with E-state index in [0.29, 0.717) is 39.2 Å². The molecule has 0 bridgehead atoms. The van der Waals surface area contributed by atoms with Crippen LogP contribution in [0, 0.1) is 12.3 Å². The zero-order valence-corrected chi connectivity index (χ0v) is 12.8. The molecular weight excluding hydrogens is 268 g/mol. The van der Waals surface area contributed by atoms with Crippen molar-refractivity contribution in [2.24, 2.45) is 11.1 Å². The molecule has 1 saturated heterocycles. The van der Waals surface area contributed by atoms with E-state index in [1.165, 1.54) is 0 Å². The highest BCUT2D eigenvalue weighted by molar-refractivity contribution is 5.96. The molecule has 1 aromatic carbocycles. The van der Waals surface area contributed by atoms with Gasteiger partial charge in [-0.1, -0.05) is 0 Å². The number of hydrogen-bond donors (Lipinski definition) is 2. The van der Waals surface area contributed by atoms with E-state index in [1.807, 2.05) is 32.0 Å². The molecular formula is C16H24N2O3. The van der Waals surface area contributed by atoms with E-state index < -0.39 is 5.41 Å². The number of nitrogens with one attached hydrogen (secondary N) is 1. The molecule has 0 atom stereocenters.